The van der Waals surface area contributed by atoms with Gasteiger partial charge in [0.2, 0.25) is 5.91 Å². The van der Waals surface area contributed by atoms with Gasteiger partial charge >= 0.3 is 5.63 Å². The lowest BCUT2D eigenvalue weighted by molar-refractivity contribution is -0.115. The summed E-state index contributed by atoms with van der Waals surface area (Å²) >= 11 is 5.86. The van der Waals surface area contributed by atoms with Crippen LogP contribution in [0.1, 0.15) is 18.9 Å². The highest BCUT2D eigenvalue weighted by Crippen LogP contribution is 2.28. The molecule has 0 spiro atoms. The number of para-hydroxylation sites is 1. The van der Waals surface area contributed by atoms with Crippen molar-refractivity contribution in [2.45, 2.75) is 19.8 Å². The monoisotopic (exact) mass is 370 g/mol. The number of nitrogens with one attached hydrogen (secondary N) is 2. The summed E-state index contributed by atoms with van der Waals surface area (Å²) < 4.78 is 5.35. The van der Waals surface area contributed by atoms with Crippen LogP contribution in [0.4, 0.5) is 11.4 Å². The molecule has 0 bridgehead atoms. The lowest BCUT2D eigenvalue weighted by Crippen LogP contribution is -2.21. The second kappa shape index (κ2) is 8.06. The van der Waals surface area contributed by atoms with E-state index in [0.717, 1.165) is 17.4 Å². The van der Waals surface area contributed by atoms with E-state index in [2.05, 4.69) is 10.6 Å². The van der Waals surface area contributed by atoms with E-state index in [1.54, 1.807) is 36.4 Å². The summed E-state index contributed by atoms with van der Waals surface area (Å²) in [6.07, 6.45) is 1.02. The van der Waals surface area contributed by atoms with Crippen LogP contribution in [0.25, 0.3) is 11.0 Å². The van der Waals surface area contributed by atoms with E-state index in [1.807, 2.05) is 19.1 Å². The smallest absolute Gasteiger partial charge is 0.362 e. The van der Waals surface area contributed by atoms with Gasteiger partial charge in [0.05, 0.1) is 12.1 Å². The van der Waals surface area contributed by atoms with Crippen molar-refractivity contribution in [2.75, 3.05) is 17.2 Å². The van der Waals surface area contributed by atoms with Gasteiger partial charge < -0.3 is 15.1 Å². The number of hydrogen-bond acceptors (Lipinski definition) is 4. The SMILES string of the molecule is CCCNc1c(NC(=O)Cc2ccc(Cl)cc2)c(=O)oc2ccccc12. The van der Waals surface area contributed by atoms with Crippen LogP contribution in [0.3, 0.4) is 0 Å². The molecule has 6 heteroatoms. The summed E-state index contributed by atoms with van der Waals surface area (Å²) in [7, 11) is 0. The number of halogens is 1. The zero-order chi connectivity index (χ0) is 18.5. The molecular formula is C20H19ClN2O3. The number of hydrogen-bond donors (Lipinski definition) is 2. The molecule has 5 nitrogen and oxygen atoms in total. The zero-order valence-electron chi connectivity index (χ0n) is 14.3. The van der Waals surface area contributed by atoms with E-state index in [1.165, 1.54) is 0 Å². The van der Waals surface area contributed by atoms with Crippen molar-refractivity contribution < 1.29 is 9.21 Å². The first-order chi connectivity index (χ1) is 12.6. The van der Waals surface area contributed by atoms with Gasteiger partial charge in [0.25, 0.3) is 0 Å². The lowest BCUT2D eigenvalue weighted by atomic mass is 10.1. The average molecular weight is 371 g/mol. The highest BCUT2D eigenvalue weighted by molar-refractivity contribution is 6.30. The van der Waals surface area contributed by atoms with E-state index < -0.39 is 5.63 Å². The predicted octanol–water partition coefficient (Wildman–Crippen LogP) is 4.45. The third-order valence-corrected chi connectivity index (χ3v) is 4.16. The molecule has 134 valence electrons. The second-order valence-electron chi connectivity index (χ2n) is 5.91. The molecule has 0 atom stereocenters. The topological polar surface area (TPSA) is 71.3 Å². The van der Waals surface area contributed by atoms with Gasteiger partial charge in [0.1, 0.15) is 5.58 Å². The maximum Gasteiger partial charge on any atom is 0.362 e. The molecule has 1 amide bonds. The van der Waals surface area contributed by atoms with Gasteiger partial charge in [-0.2, -0.15) is 0 Å². The quantitative estimate of drug-likeness (QED) is 0.629. The Morgan fingerprint density at radius 2 is 1.81 bits per heavy atom. The maximum atomic E-state index is 12.4. The van der Waals surface area contributed by atoms with E-state index >= 15 is 0 Å². The predicted molar refractivity (Wildman–Crippen MR) is 105 cm³/mol. The zero-order valence-corrected chi connectivity index (χ0v) is 15.1. The fourth-order valence-corrected chi connectivity index (χ4v) is 2.79. The standard InChI is InChI=1S/C20H19ClN2O3/c1-2-11-22-18-15-5-3-4-6-16(15)26-20(25)19(18)23-17(24)12-13-7-9-14(21)10-8-13/h3-10,22H,2,11-12H2,1H3,(H,23,24). The van der Waals surface area contributed by atoms with Crippen LogP contribution in [0.15, 0.2) is 57.7 Å². The highest BCUT2D eigenvalue weighted by Gasteiger charge is 2.16. The molecule has 1 heterocycles. The fraction of sp³-hybridized carbons (Fsp3) is 0.200. The maximum absolute atomic E-state index is 12.4. The van der Waals surface area contributed by atoms with Gasteiger partial charge in [-0.05, 0) is 36.2 Å². The molecule has 3 rings (SSSR count). The van der Waals surface area contributed by atoms with Crippen LogP contribution in [-0.2, 0) is 11.2 Å². The third kappa shape index (κ3) is 4.06. The number of benzene rings is 2. The van der Waals surface area contributed by atoms with Crippen molar-refractivity contribution in [1.82, 2.24) is 0 Å². The van der Waals surface area contributed by atoms with Crippen molar-refractivity contribution in [2.24, 2.45) is 0 Å². The van der Waals surface area contributed by atoms with Gasteiger partial charge in [0, 0.05) is 17.0 Å². The van der Waals surface area contributed by atoms with Crippen LogP contribution >= 0.6 is 11.6 Å². The van der Waals surface area contributed by atoms with E-state index in [-0.39, 0.29) is 18.0 Å². The molecule has 1 aromatic heterocycles. The number of carbonyl (C=O) groups excluding carboxylic acids is 1. The Bertz CT molecular complexity index is 981. The van der Waals surface area contributed by atoms with Gasteiger partial charge in [-0.15, -0.1) is 0 Å². The first-order valence-corrected chi connectivity index (χ1v) is 8.80. The largest absolute Gasteiger partial charge is 0.421 e. The molecule has 0 saturated carbocycles. The Morgan fingerprint density at radius 1 is 1.08 bits per heavy atom. The van der Waals surface area contributed by atoms with Gasteiger partial charge in [-0.3, -0.25) is 4.79 Å². The summed E-state index contributed by atoms with van der Waals surface area (Å²) in [5.41, 5.74) is 1.43. The van der Waals surface area contributed by atoms with Crippen LogP contribution in [0.2, 0.25) is 5.02 Å². The first kappa shape index (κ1) is 18.0. The molecular weight excluding hydrogens is 352 g/mol. The molecule has 0 unspecified atom stereocenters. The summed E-state index contributed by atoms with van der Waals surface area (Å²) in [6, 6.07) is 14.2. The van der Waals surface area contributed by atoms with Crippen molar-refractivity contribution >= 4 is 39.9 Å². The van der Waals surface area contributed by atoms with Gasteiger partial charge in [-0.1, -0.05) is 42.8 Å². The van der Waals surface area contributed by atoms with E-state index in [0.29, 0.717) is 22.8 Å². The number of carbonyl (C=O) groups is 1. The van der Waals surface area contributed by atoms with Crippen molar-refractivity contribution in [3.8, 4) is 0 Å². The van der Waals surface area contributed by atoms with Crippen molar-refractivity contribution in [3.63, 3.8) is 0 Å². The number of anilines is 2. The Balaban J connectivity index is 1.92. The molecule has 2 N–H and O–H groups in total. The molecule has 2 aromatic carbocycles. The molecule has 0 radical (unpaired) electrons. The Morgan fingerprint density at radius 3 is 2.54 bits per heavy atom. The molecule has 0 aliphatic rings. The molecule has 0 aliphatic carbocycles. The van der Waals surface area contributed by atoms with E-state index in [4.69, 9.17) is 16.0 Å². The van der Waals surface area contributed by atoms with Crippen LogP contribution in [-0.4, -0.2) is 12.5 Å². The molecule has 0 aliphatic heterocycles. The number of amides is 1. The highest BCUT2D eigenvalue weighted by atomic mass is 35.5. The van der Waals surface area contributed by atoms with Crippen LogP contribution in [0, 0.1) is 0 Å². The second-order valence-corrected chi connectivity index (χ2v) is 6.35. The number of fused-ring (bicyclic) bond motifs is 1. The van der Waals surface area contributed by atoms with Crippen molar-refractivity contribution in [3.05, 3.63) is 69.5 Å². The molecule has 0 saturated heterocycles. The Labute approximate surface area is 156 Å². The molecule has 0 fully saturated rings. The average Bonchev–Trinajstić information content (AvgIpc) is 2.63. The minimum Gasteiger partial charge on any atom is -0.421 e. The summed E-state index contributed by atoms with van der Waals surface area (Å²) in [6.45, 7) is 2.70. The van der Waals surface area contributed by atoms with Crippen LogP contribution < -0.4 is 16.3 Å². The molecule has 26 heavy (non-hydrogen) atoms. The summed E-state index contributed by atoms with van der Waals surface area (Å²) in [4.78, 5) is 24.8. The molecule has 3 aromatic rings. The summed E-state index contributed by atoms with van der Waals surface area (Å²) in [5, 5.41) is 7.29. The van der Waals surface area contributed by atoms with Gasteiger partial charge in [-0.25, -0.2) is 4.79 Å². The summed E-state index contributed by atoms with van der Waals surface area (Å²) in [5.74, 6) is -0.297. The number of rotatable bonds is 6. The minimum absolute atomic E-state index is 0.135. The van der Waals surface area contributed by atoms with Crippen molar-refractivity contribution in [1.29, 1.82) is 0 Å². The first-order valence-electron chi connectivity index (χ1n) is 8.42. The van der Waals surface area contributed by atoms with E-state index in [9.17, 15) is 9.59 Å². The fourth-order valence-electron chi connectivity index (χ4n) is 2.67. The van der Waals surface area contributed by atoms with Gasteiger partial charge in [0.15, 0.2) is 5.69 Å². The third-order valence-electron chi connectivity index (χ3n) is 3.91. The van der Waals surface area contributed by atoms with Crippen LogP contribution in [0.5, 0.6) is 0 Å². The Kier molecular flexibility index (Phi) is 5.58. The minimum atomic E-state index is -0.577. The lowest BCUT2D eigenvalue weighted by Gasteiger charge is -2.14. The Hall–Kier alpha value is -2.79. The normalized spacial score (nSPS) is 10.7.